The highest BCUT2D eigenvalue weighted by Crippen LogP contribution is 2.09. The number of carbonyl (C=O) groups excluding carboxylic acids is 2. The first-order valence-corrected chi connectivity index (χ1v) is 7.40. The molecule has 0 bridgehead atoms. The van der Waals surface area contributed by atoms with Gasteiger partial charge in [-0.25, -0.2) is 15.1 Å². The number of benzene rings is 1. The van der Waals surface area contributed by atoms with E-state index in [0.717, 1.165) is 5.56 Å². The number of anilines is 1. The Kier molecular flexibility index (Phi) is 6.84. The molecule has 1 aromatic rings. The Morgan fingerprint density at radius 1 is 1.26 bits per heavy atom. The largest absolute Gasteiger partial charge is 0.444 e. The summed E-state index contributed by atoms with van der Waals surface area (Å²) >= 11 is 0. The van der Waals surface area contributed by atoms with E-state index >= 15 is 0 Å². The lowest BCUT2D eigenvalue weighted by atomic mass is 10.2. The first kappa shape index (κ1) is 18.8. The zero-order valence-corrected chi connectivity index (χ0v) is 14.2. The molecule has 7 heteroatoms. The molecule has 0 heterocycles. The second-order valence-corrected chi connectivity index (χ2v) is 6.28. The lowest BCUT2D eigenvalue weighted by Crippen LogP contribution is -2.41. The van der Waals surface area contributed by atoms with E-state index in [-0.39, 0.29) is 12.6 Å². The van der Waals surface area contributed by atoms with Gasteiger partial charge in [-0.1, -0.05) is 12.1 Å². The molecule has 1 atom stereocenters. The Labute approximate surface area is 136 Å². The lowest BCUT2D eigenvalue weighted by molar-refractivity contribution is 0.0343. The van der Waals surface area contributed by atoms with Gasteiger partial charge in [-0.2, -0.15) is 0 Å². The Bertz CT molecular complexity index is 540. The van der Waals surface area contributed by atoms with Crippen LogP contribution in [0.4, 0.5) is 15.3 Å². The SMILES string of the molecule is Cc1cccc(NC(=O)NOC[C@H](C)NC(=O)OC(C)(C)C)c1. The third-order valence-corrected chi connectivity index (χ3v) is 2.54. The molecule has 128 valence electrons. The van der Waals surface area contributed by atoms with Crippen LogP contribution < -0.4 is 16.1 Å². The van der Waals surface area contributed by atoms with E-state index in [1.807, 2.05) is 25.1 Å². The topological polar surface area (TPSA) is 88.7 Å². The molecular formula is C16H25N3O4. The molecule has 0 spiro atoms. The van der Waals surface area contributed by atoms with Crippen LogP contribution in [0.15, 0.2) is 24.3 Å². The molecule has 23 heavy (non-hydrogen) atoms. The number of carbonyl (C=O) groups is 2. The molecule has 0 unspecified atom stereocenters. The Morgan fingerprint density at radius 3 is 2.57 bits per heavy atom. The van der Waals surface area contributed by atoms with E-state index in [1.165, 1.54) is 0 Å². The lowest BCUT2D eigenvalue weighted by Gasteiger charge is -2.21. The molecule has 7 nitrogen and oxygen atoms in total. The summed E-state index contributed by atoms with van der Waals surface area (Å²) in [6.45, 7) is 9.13. The minimum absolute atomic E-state index is 0.112. The van der Waals surface area contributed by atoms with E-state index in [9.17, 15) is 9.59 Å². The van der Waals surface area contributed by atoms with Crippen molar-refractivity contribution in [3.05, 3.63) is 29.8 Å². The van der Waals surface area contributed by atoms with Crippen molar-refractivity contribution in [3.63, 3.8) is 0 Å². The van der Waals surface area contributed by atoms with Gasteiger partial charge in [0.15, 0.2) is 0 Å². The molecular weight excluding hydrogens is 298 g/mol. The van der Waals surface area contributed by atoms with Crippen molar-refractivity contribution in [2.24, 2.45) is 0 Å². The number of rotatable bonds is 5. The summed E-state index contributed by atoms with van der Waals surface area (Å²) in [6.07, 6.45) is -0.530. The van der Waals surface area contributed by atoms with Gasteiger partial charge in [0.2, 0.25) is 0 Å². The van der Waals surface area contributed by atoms with Crippen molar-refractivity contribution in [1.29, 1.82) is 0 Å². The highest BCUT2D eigenvalue weighted by Gasteiger charge is 2.17. The third kappa shape index (κ3) is 8.67. The fourth-order valence-corrected chi connectivity index (χ4v) is 1.66. The van der Waals surface area contributed by atoms with Gasteiger partial charge in [-0.15, -0.1) is 0 Å². The summed E-state index contributed by atoms with van der Waals surface area (Å²) in [7, 11) is 0. The zero-order chi connectivity index (χ0) is 17.5. The van der Waals surface area contributed by atoms with E-state index < -0.39 is 17.7 Å². The summed E-state index contributed by atoms with van der Waals surface area (Å²) in [6, 6.07) is 6.59. The van der Waals surface area contributed by atoms with Crippen LogP contribution in [0.1, 0.15) is 33.3 Å². The van der Waals surface area contributed by atoms with Gasteiger partial charge in [-0.05, 0) is 52.3 Å². The van der Waals surface area contributed by atoms with E-state index in [2.05, 4.69) is 16.1 Å². The van der Waals surface area contributed by atoms with Gasteiger partial charge in [0, 0.05) is 5.69 Å². The van der Waals surface area contributed by atoms with Crippen LogP contribution in [-0.4, -0.2) is 30.4 Å². The van der Waals surface area contributed by atoms with Crippen LogP contribution in [0, 0.1) is 6.92 Å². The number of amides is 3. The number of hydroxylamine groups is 1. The van der Waals surface area contributed by atoms with Crippen molar-refractivity contribution in [2.75, 3.05) is 11.9 Å². The molecule has 0 fully saturated rings. The third-order valence-electron chi connectivity index (χ3n) is 2.54. The monoisotopic (exact) mass is 323 g/mol. The number of alkyl carbamates (subject to hydrolysis) is 1. The summed E-state index contributed by atoms with van der Waals surface area (Å²) < 4.78 is 5.12. The predicted octanol–water partition coefficient (Wildman–Crippen LogP) is 2.96. The minimum atomic E-state index is -0.559. The maximum atomic E-state index is 11.7. The minimum Gasteiger partial charge on any atom is -0.444 e. The first-order valence-electron chi connectivity index (χ1n) is 7.40. The van der Waals surface area contributed by atoms with Crippen LogP contribution in [0.3, 0.4) is 0 Å². The normalized spacial score (nSPS) is 12.2. The smallest absolute Gasteiger partial charge is 0.407 e. The number of nitrogens with one attached hydrogen (secondary N) is 3. The molecule has 0 aliphatic rings. The van der Waals surface area contributed by atoms with Crippen LogP contribution >= 0.6 is 0 Å². The molecule has 0 aromatic heterocycles. The average Bonchev–Trinajstić information content (AvgIpc) is 2.35. The Balaban J connectivity index is 2.25. The molecule has 1 rings (SSSR count). The van der Waals surface area contributed by atoms with Crippen LogP contribution in [0.5, 0.6) is 0 Å². The van der Waals surface area contributed by atoms with Crippen molar-refractivity contribution < 1.29 is 19.2 Å². The predicted molar refractivity (Wildman–Crippen MR) is 88.1 cm³/mol. The standard InChI is InChI=1S/C16H25N3O4/c1-11-7-6-8-13(9-11)18-14(20)19-22-10-12(2)17-15(21)23-16(3,4)5/h6-9,12H,10H2,1-5H3,(H,17,21)(H2,18,19,20)/t12-/m0/s1. The van der Waals surface area contributed by atoms with Gasteiger partial charge in [-0.3, -0.25) is 4.84 Å². The highest BCUT2D eigenvalue weighted by atomic mass is 16.7. The van der Waals surface area contributed by atoms with Crippen molar-refractivity contribution in [3.8, 4) is 0 Å². The fourth-order valence-electron chi connectivity index (χ4n) is 1.66. The van der Waals surface area contributed by atoms with Gasteiger partial charge in [0.25, 0.3) is 0 Å². The Hall–Kier alpha value is -2.28. The number of hydrogen-bond acceptors (Lipinski definition) is 4. The number of aryl methyl sites for hydroxylation is 1. The molecule has 0 radical (unpaired) electrons. The van der Waals surface area contributed by atoms with E-state index in [4.69, 9.17) is 9.57 Å². The van der Waals surface area contributed by atoms with Crippen LogP contribution in [-0.2, 0) is 9.57 Å². The zero-order valence-electron chi connectivity index (χ0n) is 14.2. The molecule has 3 amide bonds. The van der Waals surface area contributed by atoms with Gasteiger partial charge < -0.3 is 15.4 Å². The first-order chi connectivity index (χ1) is 10.7. The number of hydrogen-bond donors (Lipinski definition) is 3. The van der Waals surface area contributed by atoms with Crippen molar-refractivity contribution in [2.45, 2.75) is 46.3 Å². The molecule has 0 aliphatic heterocycles. The van der Waals surface area contributed by atoms with Crippen molar-refractivity contribution >= 4 is 17.8 Å². The second-order valence-electron chi connectivity index (χ2n) is 6.28. The summed E-state index contributed by atoms with van der Waals surface area (Å²) in [5.41, 5.74) is 3.41. The van der Waals surface area contributed by atoms with Gasteiger partial charge in [0.1, 0.15) is 5.60 Å². The average molecular weight is 323 g/mol. The van der Waals surface area contributed by atoms with E-state index in [0.29, 0.717) is 5.69 Å². The summed E-state index contributed by atoms with van der Waals surface area (Å²) in [4.78, 5) is 28.3. The molecule has 0 aliphatic carbocycles. The highest BCUT2D eigenvalue weighted by molar-refractivity contribution is 5.88. The maximum Gasteiger partial charge on any atom is 0.407 e. The van der Waals surface area contributed by atoms with Crippen LogP contribution in [0.2, 0.25) is 0 Å². The molecule has 0 saturated carbocycles. The fraction of sp³-hybridized carbons (Fsp3) is 0.500. The number of ether oxygens (including phenoxy) is 1. The Morgan fingerprint density at radius 2 is 1.96 bits per heavy atom. The summed E-state index contributed by atoms with van der Waals surface area (Å²) in [5, 5.41) is 5.25. The van der Waals surface area contributed by atoms with Crippen molar-refractivity contribution in [1.82, 2.24) is 10.8 Å². The van der Waals surface area contributed by atoms with Gasteiger partial charge in [0.05, 0.1) is 12.6 Å². The molecule has 1 aromatic carbocycles. The molecule has 3 N–H and O–H groups in total. The molecule has 0 saturated heterocycles. The summed E-state index contributed by atoms with van der Waals surface area (Å²) in [5.74, 6) is 0. The number of urea groups is 1. The van der Waals surface area contributed by atoms with E-state index in [1.54, 1.807) is 33.8 Å². The van der Waals surface area contributed by atoms with Gasteiger partial charge >= 0.3 is 12.1 Å². The second kappa shape index (κ2) is 8.38. The maximum absolute atomic E-state index is 11.7. The van der Waals surface area contributed by atoms with Crippen LogP contribution in [0.25, 0.3) is 0 Å². The quantitative estimate of drug-likeness (QED) is 0.727.